The molecule has 0 aromatic carbocycles. The Bertz CT molecular complexity index is 318. The van der Waals surface area contributed by atoms with Crippen LogP contribution in [0.3, 0.4) is 0 Å². The highest BCUT2D eigenvalue weighted by Crippen LogP contribution is 2.03. The van der Waals surface area contributed by atoms with Crippen molar-refractivity contribution in [3.63, 3.8) is 0 Å². The Kier molecular flexibility index (Phi) is 3.29. The summed E-state index contributed by atoms with van der Waals surface area (Å²) in [5.74, 6) is 0.0410. The number of hydrogen-bond donors (Lipinski definition) is 1. The minimum atomic E-state index is 0.0410. The van der Waals surface area contributed by atoms with Crippen LogP contribution in [0.5, 0.6) is 0 Å². The molecular formula is C11H15N3O. The van der Waals surface area contributed by atoms with E-state index in [-0.39, 0.29) is 5.91 Å². The zero-order valence-corrected chi connectivity index (χ0v) is 8.65. The van der Waals surface area contributed by atoms with Crippen molar-refractivity contribution in [1.29, 1.82) is 0 Å². The van der Waals surface area contributed by atoms with Crippen LogP contribution in [0.25, 0.3) is 0 Å². The zero-order chi connectivity index (χ0) is 10.5. The van der Waals surface area contributed by atoms with Gasteiger partial charge in [-0.3, -0.25) is 9.78 Å². The number of amides is 1. The summed E-state index contributed by atoms with van der Waals surface area (Å²) in [6, 6.07) is 5.43. The van der Waals surface area contributed by atoms with E-state index in [4.69, 9.17) is 0 Å². The molecule has 1 fully saturated rings. The maximum Gasteiger partial charge on any atom is 0.272 e. The number of rotatable bonds is 1. The van der Waals surface area contributed by atoms with Crippen LogP contribution in [0.2, 0.25) is 0 Å². The highest BCUT2D eigenvalue weighted by Gasteiger charge is 2.17. The highest BCUT2D eigenvalue weighted by molar-refractivity contribution is 5.92. The van der Waals surface area contributed by atoms with Gasteiger partial charge in [0.05, 0.1) is 0 Å². The van der Waals surface area contributed by atoms with E-state index >= 15 is 0 Å². The smallest absolute Gasteiger partial charge is 0.272 e. The van der Waals surface area contributed by atoms with Crippen molar-refractivity contribution in [3.8, 4) is 0 Å². The molecule has 2 rings (SSSR count). The van der Waals surface area contributed by atoms with Crippen LogP contribution in [0.4, 0.5) is 0 Å². The molecule has 0 radical (unpaired) electrons. The normalized spacial score (nSPS) is 17.2. The molecule has 1 aromatic rings. The molecule has 1 amide bonds. The molecule has 1 N–H and O–H groups in total. The molecule has 0 spiro atoms. The van der Waals surface area contributed by atoms with Gasteiger partial charge in [-0.1, -0.05) is 6.07 Å². The van der Waals surface area contributed by atoms with Crippen LogP contribution in [-0.2, 0) is 0 Å². The first kappa shape index (κ1) is 10.1. The SMILES string of the molecule is O=C(c1ccccn1)N1CCCNCC1. The summed E-state index contributed by atoms with van der Waals surface area (Å²) in [7, 11) is 0. The van der Waals surface area contributed by atoms with Crippen LogP contribution >= 0.6 is 0 Å². The predicted octanol–water partition coefficient (Wildman–Crippen LogP) is 0.517. The van der Waals surface area contributed by atoms with Crippen molar-refractivity contribution in [3.05, 3.63) is 30.1 Å². The summed E-state index contributed by atoms with van der Waals surface area (Å²) in [6.07, 6.45) is 2.67. The summed E-state index contributed by atoms with van der Waals surface area (Å²) in [5, 5.41) is 3.27. The number of carbonyl (C=O) groups is 1. The Morgan fingerprint density at radius 1 is 1.33 bits per heavy atom. The van der Waals surface area contributed by atoms with Gasteiger partial charge in [0, 0.05) is 25.8 Å². The van der Waals surface area contributed by atoms with Crippen molar-refractivity contribution in [1.82, 2.24) is 15.2 Å². The van der Waals surface area contributed by atoms with Gasteiger partial charge in [0.25, 0.3) is 5.91 Å². The number of nitrogens with one attached hydrogen (secondary N) is 1. The molecule has 1 aliphatic rings. The van der Waals surface area contributed by atoms with Crippen molar-refractivity contribution in [2.75, 3.05) is 26.2 Å². The number of nitrogens with zero attached hydrogens (tertiary/aromatic N) is 2. The fourth-order valence-electron chi connectivity index (χ4n) is 1.70. The van der Waals surface area contributed by atoms with Crippen LogP contribution in [0.1, 0.15) is 16.9 Å². The Labute approximate surface area is 89.3 Å². The van der Waals surface area contributed by atoms with Crippen molar-refractivity contribution >= 4 is 5.91 Å². The minimum Gasteiger partial charge on any atom is -0.336 e. The third-order valence-electron chi connectivity index (χ3n) is 2.51. The molecule has 2 heterocycles. The number of hydrogen-bond acceptors (Lipinski definition) is 3. The fraction of sp³-hybridized carbons (Fsp3) is 0.455. The average molecular weight is 205 g/mol. The third kappa shape index (κ3) is 2.53. The van der Waals surface area contributed by atoms with Gasteiger partial charge in [-0.25, -0.2) is 0 Å². The monoisotopic (exact) mass is 205 g/mol. The molecule has 1 aromatic heterocycles. The molecule has 1 aliphatic heterocycles. The highest BCUT2D eigenvalue weighted by atomic mass is 16.2. The van der Waals surface area contributed by atoms with Crippen LogP contribution in [-0.4, -0.2) is 42.0 Å². The van der Waals surface area contributed by atoms with Crippen molar-refractivity contribution in [2.24, 2.45) is 0 Å². The quantitative estimate of drug-likeness (QED) is 0.727. The van der Waals surface area contributed by atoms with E-state index in [2.05, 4.69) is 10.3 Å². The van der Waals surface area contributed by atoms with E-state index in [1.54, 1.807) is 12.3 Å². The van der Waals surface area contributed by atoms with E-state index in [1.807, 2.05) is 17.0 Å². The minimum absolute atomic E-state index is 0.0410. The fourth-order valence-corrected chi connectivity index (χ4v) is 1.70. The maximum atomic E-state index is 12.0. The number of aromatic nitrogens is 1. The van der Waals surface area contributed by atoms with Crippen LogP contribution in [0.15, 0.2) is 24.4 Å². The van der Waals surface area contributed by atoms with Gasteiger partial charge in [0.2, 0.25) is 0 Å². The summed E-state index contributed by atoms with van der Waals surface area (Å²) in [6.45, 7) is 3.46. The Hall–Kier alpha value is -1.42. The van der Waals surface area contributed by atoms with E-state index in [0.29, 0.717) is 5.69 Å². The van der Waals surface area contributed by atoms with Crippen LogP contribution in [0, 0.1) is 0 Å². The first-order chi connectivity index (χ1) is 7.38. The predicted molar refractivity (Wildman–Crippen MR) is 57.6 cm³/mol. The van der Waals surface area contributed by atoms with Gasteiger partial charge in [0.1, 0.15) is 5.69 Å². The second kappa shape index (κ2) is 4.89. The van der Waals surface area contributed by atoms with E-state index in [1.165, 1.54) is 0 Å². The Balaban J connectivity index is 2.06. The average Bonchev–Trinajstić information content (AvgIpc) is 2.58. The lowest BCUT2D eigenvalue weighted by Crippen LogP contribution is -2.34. The molecule has 0 atom stereocenters. The van der Waals surface area contributed by atoms with Gasteiger partial charge in [0.15, 0.2) is 0 Å². The molecule has 0 unspecified atom stereocenters. The molecule has 0 aliphatic carbocycles. The van der Waals surface area contributed by atoms with Gasteiger partial charge in [-0.15, -0.1) is 0 Å². The number of carbonyl (C=O) groups excluding carboxylic acids is 1. The number of pyridine rings is 1. The summed E-state index contributed by atoms with van der Waals surface area (Å²) in [5.41, 5.74) is 0.541. The largest absolute Gasteiger partial charge is 0.336 e. The summed E-state index contributed by atoms with van der Waals surface area (Å²) in [4.78, 5) is 17.9. The maximum absolute atomic E-state index is 12.0. The zero-order valence-electron chi connectivity index (χ0n) is 8.65. The Morgan fingerprint density at radius 3 is 3.07 bits per heavy atom. The first-order valence-corrected chi connectivity index (χ1v) is 5.29. The van der Waals surface area contributed by atoms with Crippen LogP contribution < -0.4 is 5.32 Å². The first-order valence-electron chi connectivity index (χ1n) is 5.29. The van der Waals surface area contributed by atoms with E-state index in [9.17, 15) is 4.79 Å². The second-order valence-electron chi connectivity index (χ2n) is 3.61. The van der Waals surface area contributed by atoms with Gasteiger partial charge >= 0.3 is 0 Å². The van der Waals surface area contributed by atoms with E-state index < -0.39 is 0 Å². The lowest BCUT2D eigenvalue weighted by molar-refractivity contribution is 0.0760. The molecule has 15 heavy (non-hydrogen) atoms. The third-order valence-corrected chi connectivity index (χ3v) is 2.51. The lowest BCUT2D eigenvalue weighted by Gasteiger charge is -2.19. The summed E-state index contributed by atoms with van der Waals surface area (Å²) >= 11 is 0. The Morgan fingerprint density at radius 2 is 2.27 bits per heavy atom. The van der Waals surface area contributed by atoms with Crippen molar-refractivity contribution < 1.29 is 4.79 Å². The van der Waals surface area contributed by atoms with Gasteiger partial charge in [-0.05, 0) is 25.1 Å². The lowest BCUT2D eigenvalue weighted by atomic mass is 10.3. The molecular weight excluding hydrogens is 190 g/mol. The van der Waals surface area contributed by atoms with E-state index in [0.717, 1.165) is 32.6 Å². The topological polar surface area (TPSA) is 45.2 Å². The van der Waals surface area contributed by atoms with Crippen molar-refractivity contribution in [2.45, 2.75) is 6.42 Å². The summed E-state index contributed by atoms with van der Waals surface area (Å²) < 4.78 is 0. The molecule has 4 heteroatoms. The standard InChI is InChI=1S/C11H15N3O/c15-11(10-4-1-2-6-13-10)14-8-3-5-12-7-9-14/h1-2,4,6,12H,3,5,7-9H2. The molecule has 0 saturated carbocycles. The molecule has 80 valence electrons. The van der Waals surface area contributed by atoms with Gasteiger partial charge in [-0.2, -0.15) is 0 Å². The molecule has 0 bridgehead atoms. The van der Waals surface area contributed by atoms with Gasteiger partial charge < -0.3 is 10.2 Å². The second-order valence-corrected chi connectivity index (χ2v) is 3.61. The molecule has 4 nitrogen and oxygen atoms in total. The molecule has 1 saturated heterocycles.